The number of amides is 1. The Balaban J connectivity index is 1.56. The van der Waals surface area contributed by atoms with Crippen molar-refractivity contribution >= 4 is 23.4 Å². The molecule has 0 saturated carbocycles. The van der Waals surface area contributed by atoms with Gasteiger partial charge in [-0.1, -0.05) is 78.5 Å². The summed E-state index contributed by atoms with van der Waals surface area (Å²) in [5.74, 6) is 1.14. The van der Waals surface area contributed by atoms with Crippen molar-refractivity contribution in [1.82, 2.24) is 14.8 Å². The summed E-state index contributed by atoms with van der Waals surface area (Å²) in [5, 5.41) is 9.54. The van der Waals surface area contributed by atoms with Crippen molar-refractivity contribution in [3.05, 3.63) is 102 Å². The first kappa shape index (κ1) is 19.9. The summed E-state index contributed by atoms with van der Waals surface area (Å²) in [6, 6.07) is 29.9. The van der Waals surface area contributed by atoms with E-state index >= 15 is 0 Å². The highest BCUT2D eigenvalue weighted by molar-refractivity contribution is 7.99. The van der Waals surface area contributed by atoms with Gasteiger partial charge in [0.25, 0.3) is 0 Å². The third kappa shape index (κ3) is 4.60. The lowest BCUT2D eigenvalue weighted by atomic mass is 10.1. The number of benzene rings is 3. The summed E-state index contributed by atoms with van der Waals surface area (Å²) in [7, 11) is 1.79. The molecule has 0 atom stereocenters. The summed E-state index contributed by atoms with van der Waals surface area (Å²) in [6.45, 7) is 0. The molecule has 0 unspecified atom stereocenters. The van der Waals surface area contributed by atoms with E-state index in [1.807, 2.05) is 83.4 Å². The molecule has 4 rings (SSSR count). The normalized spacial score (nSPS) is 10.7. The van der Waals surface area contributed by atoms with Gasteiger partial charge in [-0.25, -0.2) is 0 Å². The van der Waals surface area contributed by atoms with Gasteiger partial charge in [-0.2, -0.15) is 0 Å². The minimum atomic E-state index is 0.0124. The smallest absolute Gasteiger partial charge is 0.237 e. The summed E-state index contributed by atoms with van der Waals surface area (Å²) in [4.78, 5) is 14.4. The molecule has 30 heavy (non-hydrogen) atoms. The predicted octanol–water partition coefficient (Wildman–Crippen LogP) is 4.61. The number of nitrogens with zero attached hydrogens (tertiary/aromatic N) is 4. The first-order chi connectivity index (χ1) is 14.7. The molecule has 0 radical (unpaired) electrons. The summed E-state index contributed by atoms with van der Waals surface area (Å²) < 4.78 is 2.04. The Labute approximate surface area is 180 Å². The number of aromatic nitrogens is 3. The SMILES string of the molecule is CN(C(=O)CSc1nnc(Cc2ccccc2)n1-c1ccccc1)c1ccccc1. The fourth-order valence-corrected chi connectivity index (χ4v) is 4.03. The van der Waals surface area contributed by atoms with Gasteiger partial charge in [0, 0.05) is 24.8 Å². The van der Waals surface area contributed by atoms with Gasteiger partial charge in [-0.3, -0.25) is 9.36 Å². The fraction of sp³-hybridized carbons (Fsp3) is 0.125. The standard InChI is InChI=1S/C24H22N4OS/c1-27(20-13-7-3-8-14-20)23(29)18-30-24-26-25-22(17-19-11-5-2-6-12-19)28(24)21-15-9-4-10-16-21/h2-16H,17-18H2,1H3. The zero-order chi connectivity index (χ0) is 20.8. The molecule has 0 saturated heterocycles. The summed E-state index contributed by atoms with van der Waals surface area (Å²) in [5.41, 5.74) is 3.02. The van der Waals surface area contributed by atoms with Gasteiger partial charge in [0.05, 0.1) is 5.75 Å². The molecule has 0 spiro atoms. The molecule has 1 amide bonds. The lowest BCUT2D eigenvalue weighted by molar-refractivity contribution is -0.115. The molecule has 0 aliphatic rings. The van der Waals surface area contributed by atoms with Gasteiger partial charge < -0.3 is 4.90 Å². The maximum atomic E-state index is 12.7. The molecular weight excluding hydrogens is 392 g/mol. The third-order valence-electron chi connectivity index (χ3n) is 4.76. The number of rotatable bonds is 7. The molecule has 0 aliphatic heterocycles. The van der Waals surface area contributed by atoms with Crippen LogP contribution in [-0.2, 0) is 11.2 Å². The van der Waals surface area contributed by atoms with Crippen molar-refractivity contribution in [3.63, 3.8) is 0 Å². The topological polar surface area (TPSA) is 51.0 Å². The number of carbonyl (C=O) groups is 1. The van der Waals surface area contributed by atoms with Crippen LogP contribution in [0.1, 0.15) is 11.4 Å². The molecule has 4 aromatic rings. The second-order valence-electron chi connectivity index (χ2n) is 6.81. The Bertz CT molecular complexity index is 1100. The van der Waals surface area contributed by atoms with Crippen molar-refractivity contribution in [1.29, 1.82) is 0 Å². The Morgan fingerprint density at radius 2 is 1.47 bits per heavy atom. The van der Waals surface area contributed by atoms with Gasteiger partial charge in [-0.15, -0.1) is 10.2 Å². The average molecular weight is 415 g/mol. The van der Waals surface area contributed by atoms with Crippen LogP contribution in [0.5, 0.6) is 0 Å². The van der Waals surface area contributed by atoms with Crippen LogP contribution in [0.3, 0.4) is 0 Å². The van der Waals surface area contributed by atoms with Gasteiger partial charge in [0.15, 0.2) is 5.16 Å². The van der Waals surface area contributed by atoms with E-state index in [0.717, 1.165) is 17.2 Å². The number of anilines is 1. The van der Waals surface area contributed by atoms with Crippen molar-refractivity contribution < 1.29 is 4.79 Å². The fourth-order valence-electron chi connectivity index (χ4n) is 3.14. The number of hydrogen-bond acceptors (Lipinski definition) is 4. The molecule has 0 N–H and O–H groups in total. The highest BCUT2D eigenvalue weighted by atomic mass is 32.2. The number of thioether (sulfide) groups is 1. The number of para-hydroxylation sites is 2. The molecule has 5 nitrogen and oxygen atoms in total. The van der Waals surface area contributed by atoms with E-state index in [1.54, 1.807) is 11.9 Å². The predicted molar refractivity (Wildman–Crippen MR) is 121 cm³/mol. The Morgan fingerprint density at radius 1 is 0.867 bits per heavy atom. The first-order valence-corrected chi connectivity index (χ1v) is 10.7. The lowest BCUT2D eigenvalue weighted by Gasteiger charge is -2.17. The van der Waals surface area contributed by atoms with Crippen LogP contribution in [-0.4, -0.2) is 33.5 Å². The largest absolute Gasteiger partial charge is 0.315 e. The number of carbonyl (C=O) groups excluding carboxylic acids is 1. The Kier molecular flexibility index (Phi) is 6.25. The van der Waals surface area contributed by atoms with E-state index in [-0.39, 0.29) is 11.7 Å². The highest BCUT2D eigenvalue weighted by Gasteiger charge is 2.18. The summed E-state index contributed by atoms with van der Waals surface area (Å²) >= 11 is 1.40. The van der Waals surface area contributed by atoms with Crippen molar-refractivity contribution in [2.75, 3.05) is 17.7 Å². The van der Waals surface area contributed by atoms with Crippen LogP contribution in [0.25, 0.3) is 5.69 Å². The van der Waals surface area contributed by atoms with E-state index in [2.05, 4.69) is 22.3 Å². The minimum Gasteiger partial charge on any atom is -0.315 e. The zero-order valence-corrected chi connectivity index (χ0v) is 17.5. The number of hydrogen-bond donors (Lipinski definition) is 0. The van der Waals surface area contributed by atoms with Gasteiger partial charge >= 0.3 is 0 Å². The molecular formula is C24H22N4OS. The molecule has 1 aromatic heterocycles. The first-order valence-electron chi connectivity index (χ1n) is 9.70. The monoisotopic (exact) mass is 414 g/mol. The van der Waals surface area contributed by atoms with Crippen LogP contribution in [0, 0.1) is 0 Å². The summed E-state index contributed by atoms with van der Waals surface area (Å²) in [6.07, 6.45) is 0.668. The average Bonchev–Trinajstić information content (AvgIpc) is 3.21. The van der Waals surface area contributed by atoms with Crippen LogP contribution in [0.2, 0.25) is 0 Å². The lowest BCUT2D eigenvalue weighted by Crippen LogP contribution is -2.27. The second-order valence-corrected chi connectivity index (χ2v) is 7.75. The van der Waals surface area contributed by atoms with Crippen molar-refractivity contribution in [2.45, 2.75) is 11.6 Å². The second kappa shape index (κ2) is 9.41. The highest BCUT2D eigenvalue weighted by Crippen LogP contribution is 2.24. The maximum Gasteiger partial charge on any atom is 0.237 e. The molecule has 150 valence electrons. The van der Waals surface area contributed by atoms with E-state index in [0.29, 0.717) is 11.6 Å². The van der Waals surface area contributed by atoms with E-state index in [9.17, 15) is 4.79 Å². The Hall–Kier alpha value is -3.38. The molecule has 0 fully saturated rings. The maximum absolute atomic E-state index is 12.7. The van der Waals surface area contributed by atoms with E-state index in [4.69, 9.17) is 0 Å². The van der Waals surface area contributed by atoms with Crippen LogP contribution in [0.15, 0.2) is 96.2 Å². The quantitative estimate of drug-likeness (QED) is 0.414. The van der Waals surface area contributed by atoms with E-state index in [1.165, 1.54) is 17.3 Å². The molecule has 0 aliphatic carbocycles. The Morgan fingerprint density at radius 3 is 2.13 bits per heavy atom. The van der Waals surface area contributed by atoms with Gasteiger partial charge in [0.1, 0.15) is 5.82 Å². The van der Waals surface area contributed by atoms with Crippen LogP contribution in [0.4, 0.5) is 5.69 Å². The van der Waals surface area contributed by atoms with Crippen LogP contribution < -0.4 is 4.90 Å². The zero-order valence-electron chi connectivity index (χ0n) is 16.7. The van der Waals surface area contributed by atoms with Gasteiger partial charge in [0.2, 0.25) is 5.91 Å². The van der Waals surface area contributed by atoms with Gasteiger partial charge in [-0.05, 0) is 29.8 Å². The van der Waals surface area contributed by atoms with E-state index < -0.39 is 0 Å². The molecule has 3 aromatic carbocycles. The third-order valence-corrected chi connectivity index (χ3v) is 5.68. The minimum absolute atomic E-state index is 0.0124. The van der Waals surface area contributed by atoms with Crippen LogP contribution >= 0.6 is 11.8 Å². The molecule has 6 heteroatoms. The van der Waals surface area contributed by atoms with Crippen molar-refractivity contribution in [3.8, 4) is 5.69 Å². The molecule has 0 bridgehead atoms. The molecule has 1 heterocycles. The van der Waals surface area contributed by atoms with Crippen molar-refractivity contribution in [2.24, 2.45) is 0 Å².